The minimum absolute atomic E-state index is 0.940. The molecule has 13 rings (SSSR count). The highest BCUT2D eigenvalue weighted by Gasteiger charge is 2.25. The second-order valence-corrected chi connectivity index (χ2v) is 16.4. The van der Waals surface area contributed by atoms with Gasteiger partial charge in [-0.05, 0) is 33.0 Å². The van der Waals surface area contributed by atoms with Crippen LogP contribution in [0.1, 0.15) is 0 Å². The van der Waals surface area contributed by atoms with Crippen molar-refractivity contribution in [3.8, 4) is 44.5 Å². The molecule has 292 valence electrons. The van der Waals surface area contributed by atoms with Crippen molar-refractivity contribution >= 4 is 87.0 Å². The monoisotopic (exact) mass is 799 g/mol. The van der Waals surface area contributed by atoms with E-state index in [2.05, 4.69) is 223 Å². The van der Waals surface area contributed by atoms with Crippen LogP contribution in [-0.4, -0.2) is 15.0 Å². The van der Waals surface area contributed by atoms with Gasteiger partial charge in [0, 0.05) is 65.3 Å². The molecule has 0 aliphatic rings. The first-order valence-electron chi connectivity index (χ1n) is 21.6. The number of nitrogens with zero attached hydrogens (tertiary/aromatic N) is 2. The molecule has 1 N–H and O–H groups in total. The number of rotatable bonds is 4. The molecular weight excluding hydrogens is 763 g/mol. The van der Waals surface area contributed by atoms with Gasteiger partial charge in [0.25, 0.3) is 0 Å². The molecule has 0 saturated carbocycles. The normalized spacial score (nSPS) is 11.8. The molecule has 3 aromatic heterocycles. The summed E-state index contributed by atoms with van der Waals surface area (Å²) < 4.78 is 0. The molecule has 3 nitrogen and oxygen atoms in total. The van der Waals surface area contributed by atoms with Gasteiger partial charge in [-0.3, -0.25) is 0 Å². The zero-order valence-corrected chi connectivity index (χ0v) is 34.2. The molecule has 0 saturated heterocycles. The highest BCUT2D eigenvalue weighted by Crippen LogP contribution is 2.50. The Morgan fingerprint density at radius 3 is 0.778 bits per heavy atom. The standard InChI is InChI=1S/C60H37N3/c1-5-21-37(22-6-1)49-53-41-29-13-14-30-42(41)54(53)50(38-23-7-2-8-24-38)56-44-32-16-18-34-46(44)58(62-56)52(40-27-11-4-12-28-40)60-48-36-20-19-35-47(48)59(63-60)51(39-25-9-3-10-26-39)57-45-33-17-15-31-43(45)55(49)61-57/h1-36,63H. The van der Waals surface area contributed by atoms with Gasteiger partial charge in [-0.25, -0.2) is 9.97 Å². The maximum atomic E-state index is 5.93. The SMILES string of the molecule is c1ccc(-c2c3nc(c(-c4ccccc4)c4c5ccccc5c4c(-c4ccccc4)c4nc(c(-c5ccccc5)c5[nH]c2c2ccccc52)c2ccccc42)c2ccccc32)cc1. The van der Waals surface area contributed by atoms with E-state index in [1.54, 1.807) is 0 Å². The van der Waals surface area contributed by atoms with Gasteiger partial charge in [0.05, 0.1) is 33.1 Å². The van der Waals surface area contributed by atoms with Crippen molar-refractivity contribution < 1.29 is 0 Å². The Labute approximate surface area is 363 Å². The second kappa shape index (κ2) is 14.1. The van der Waals surface area contributed by atoms with E-state index in [0.29, 0.717) is 0 Å². The summed E-state index contributed by atoms with van der Waals surface area (Å²) in [5, 5.41) is 11.4. The van der Waals surface area contributed by atoms with Crippen LogP contribution in [0.5, 0.6) is 0 Å². The number of aromatic nitrogens is 3. The van der Waals surface area contributed by atoms with Crippen molar-refractivity contribution in [3.63, 3.8) is 0 Å². The zero-order chi connectivity index (χ0) is 41.4. The summed E-state index contributed by atoms with van der Waals surface area (Å²) in [6.07, 6.45) is 0. The average molecular weight is 800 g/mol. The largest absolute Gasteiger partial charge is 0.353 e. The molecule has 3 heteroatoms. The number of hydrogen-bond donors (Lipinski definition) is 1. The molecule has 63 heavy (non-hydrogen) atoms. The van der Waals surface area contributed by atoms with Gasteiger partial charge in [-0.2, -0.15) is 0 Å². The van der Waals surface area contributed by atoms with E-state index in [1.165, 1.54) is 21.5 Å². The molecule has 0 amide bonds. The smallest absolute Gasteiger partial charge is 0.0816 e. The first-order valence-corrected chi connectivity index (χ1v) is 21.6. The van der Waals surface area contributed by atoms with Gasteiger partial charge in [0.15, 0.2) is 0 Å². The van der Waals surface area contributed by atoms with Gasteiger partial charge in [-0.1, -0.05) is 218 Å². The van der Waals surface area contributed by atoms with Gasteiger partial charge < -0.3 is 4.98 Å². The van der Waals surface area contributed by atoms with Crippen LogP contribution >= 0.6 is 0 Å². The minimum Gasteiger partial charge on any atom is -0.353 e. The van der Waals surface area contributed by atoms with Crippen molar-refractivity contribution in [1.82, 2.24) is 15.0 Å². The van der Waals surface area contributed by atoms with Crippen molar-refractivity contribution in [1.29, 1.82) is 0 Å². The Kier molecular flexibility index (Phi) is 7.91. The van der Waals surface area contributed by atoms with Crippen molar-refractivity contribution in [2.75, 3.05) is 0 Å². The van der Waals surface area contributed by atoms with Crippen LogP contribution < -0.4 is 0 Å². The molecule has 0 unspecified atom stereocenters. The van der Waals surface area contributed by atoms with Gasteiger partial charge >= 0.3 is 0 Å². The molecule has 0 radical (unpaired) electrons. The highest BCUT2D eigenvalue weighted by molar-refractivity contribution is 6.37. The highest BCUT2D eigenvalue weighted by atomic mass is 14.8. The minimum atomic E-state index is 0.940. The van der Waals surface area contributed by atoms with Crippen LogP contribution in [0.2, 0.25) is 0 Å². The molecule has 0 spiro atoms. The first kappa shape index (κ1) is 35.4. The average Bonchev–Trinajstić information content (AvgIpc) is 4.04. The van der Waals surface area contributed by atoms with E-state index in [1.807, 2.05) is 0 Å². The fourth-order valence-corrected chi connectivity index (χ4v) is 10.3. The lowest BCUT2D eigenvalue weighted by Gasteiger charge is -2.18. The Morgan fingerprint density at radius 2 is 0.460 bits per heavy atom. The molecule has 13 aromatic rings. The maximum Gasteiger partial charge on any atom is 0.0816 e. The van der Waals surface area contributed by atoms with Crippen LogP contribution in [0.25, 0.3) is 131 Å². The van der Waals surface area contributed by atoms with Crippen LogP contribution in [-0.2, 0) is 0 Å². The van der Waals surface area contributed by atoms with Gasteiger partial charge in [0.1, 0.15) is 0 Å². The quantitative estimate of drug-likeness (QED) is 0.193. The fraction of sp³-hybridized carbons (Fsp3) is 0. The second-order valence-electron chi connectivity index (χ2n) is 16.4. The van der Waals surface area contributed by atoms with Crippen molar-refractivity contribution in [2.24, 2.45) is 0 Å². The number of H-pyrrole nitrogens is 1. The molecule has 0 atom stereocenters. The maximum absolute atomic E-state index is 5.93. The number of nitrogens with one attached hydrogen (secondary N) is 1. The summed E-state index contributed by atoms with van der Waals surface area (Å²) in [7, 11) is 0. The summed E-state index contributed by atoms with van der Waals surface area (Å²) in [5.41, 5.74) is 14.5. The van der Waals surface area contributed by atoms with Crippen LogP contribution in [0.3, 0.4) is 0 Å². The van der Waals surface area contributed by atoms with Gasteiger partial charge in [-0.15, -0.1) is 0 Å². The number of hydrogen-bond acceptors (Lipinski definition) is 2. The topological polar surface area (TPSA) is 41.6 Å². The lowest BCUT2D eigenvalue weighted by Crippen LogP contribution is -1.92. The third kappa shape index (κ3) is 5.33. The Bertz CT molecular complexity index is 3730. The summed E-state index contributed by atoms with van der Waals surface area (Å²) in [6, 6.07) is 78.5. The third-order valence-corrected chi connectivity index (χ3v) is 13.0. The van der Waals surface area contributed by atoms with E-state index >= 15 is 0 Å². The van der Waals surface area contributed by atoms with E-state index in [-0.39, 0.29) is 0 Å². The predicted octanol–water partition coefficient (Wildman–Crippen LogP) is 16.3. The van der Waals surface area contributed by atoms with Gasteiger partial charge in [0.2, 0.25) is 0 Å². The number of aromatic amines is 1. The molecule has 10 aromatic carbocycles. The Morgan fingerprint density at radius 1 is 0.222 bits per heavy atom. The third-order valence-electron chi connectivity index (χ3n) is 13.0. The molecule has 6 bridgehead atoms. The number of fused-ring (bicyclic) bond motifs is 4. The van der Waals surface area contributed by atoms with Crippen LogP contribution in [0, 0.1) is 0 Å². The fourth-order valence-electron chi connectivity index (χ4n) is 10.3. The van der Waals surface area contributed by atoms with E-state index in [0.717, 1.165) is 110 Å². The molecule has 0 aliphatic heterocycles. The summed E-state index contributed by atoms with van der Waals surface area (Å²) >= 11 is 0. The lowest BCUT2D eigenvalue weighted by atomic mass is 9.84. The van der Waals surface area contributed by atoms with E-state index < -0.39 is 0 Å². The van der Waals surface area contributed by atoms with Crippen LogP contribution in [0.4, 0.5) is 0 Å². The lowest BCUT2D eigenvalue weighted by molar-refractivity contribution is 1.51. The molecule has 0 fully saturated rings. The summed E-state index contributed by atoms with van der Waals surface area (Å²) in [5.74, 6) is 0. The van der Waals surface area contributed by atoms with E-state index in [9.17, 15) is 0 Å². The Balaban J connectivity index is 1.44. The molecule has 3 heterocycles. The van der Waals surface area contributed by atoms with Crippen LogP contribution in [0.15, 0.2) is 218 Å². The summed E-state index contributed by atoms with van der Waals surface area (Å²) in [4.78, 5) is 16.0. The van der Waals surface area contributed by atoms with Crippen molar-refractivity contribution in [3.05, 3.63) is 218 Å². The van der Waals surface area contributed by atoms with Crippen molar-refractivity contribution in [2.45, 2.75) is 0 Å². The van der Waals surface area contributed by atoms with E-state index in [4.69, 9.17) is 9.97 Å². The first-order chi connectivity index (χ1) is 31.3. The molecule has 0 aliphatic carbocycles. The Hall–Kier alpha value is -8.40. The number of benzene rings is 8. The predicted molar refractivity (Wildman–Crippen MR) is 267 cm³/mol. The zero-order valence-electron chi connectivity index (χ0n) is 34.2. The molecular formula is C60H37N3. The summed E-state index contributed by atoms with van der Waals surface area (Å²) in [6.45, 7) is 0.